The predicted molar refractivity (Wildman–Crippen MR) is 254 cm³/mol. The van der Waals surface area contributed by atoms with E-state index in [1.54, 1.807) is 11.3 Å². The SMILES string of the molecule is c1ccc(-c2cccc(-c3nc(-c4ccc5c(c4)sc4ccccc45)nc(-c4ccc(-n5c6ccccc6c6cc7ccccc7cc65)c5c4oc4ccccc45)n3)c2)cc1. The highest BCUT2D eigenvalue weighted by Gasteiger charge is 2.23. The van der Waals surface area contributed by atoms with E-state index in [0.29, 0.717) is 17.5 Å². The molecule has 0 unspecified atom stereocenters. The molecule has 13 aromatic rings. The molecule has 284 valence electrons. The Balaban J connectivity index is 1.07. The highest BCUT2D eigenvalue weighted by Crippen LogP contribution is 2.43. The van der Waals surface area contributed by atoms with Gasteiger partial charge in [-0.3, -0.25) is 0 Å². The Labute approximate surface area is 353 Å². The fourth-order valence-electron chi connectivity index (χ4n) is 9.18. The zero-order valence-electron chi connectivity index (χ0n) is 32.6. The number of nitrogens with zero attached hydrogens (tertiary/aromatic N) is 4. The first-order valence-corrected chi connectivity index (χ1v) is 21.2. The van der Waals surface area contributed by atoms with Crippen LogP contribution in [0.3, 0.4) is 0 Å². The van der Waals surface area contributed by atoms with E-state index in [1.165, 1.54) is 41.7 Å². The molecule has 0 saturated carbocycles. The number of rotatable bonds is 5. The number of aromatic nitrogens is 4. The van der Waals surface area contributed by atoms with Crippen LogP contribution in [0.1, 0.15) is 0 Å². The van der Waals surface area contributed by atoms with Gasteiger partial charge >= 0.3 is 0 Å². The van der Waals surface area contributed by atoms with E-state index in [0.717, 1.165) is 66.5 Å². The molecule has 0 atom stereocenters. The third-order valence-electron chi connectivity index (χ3n) is 12.0. The maximum Gasteiger partial charge on any atom is 0.167 e. The molecule has 4 aromatic heterocycles. The lowest BCUT2D eigenvalue weighted by atomic mass is 10.0. The lowest BCUT2D eigenvalue weighted by Gasteiger charge is -2.13. The van der Waals surface area contributed by atoms with Crippen LogP contribution in [0.2, 0.25) is 0 Å². The Morgan fingerprint density at radius 3 is 1.92 bits per heavy atom. The number of furan rings is 1. The number of hydrogen-bond acceptors (Lipinski definition) is 5. The van der Waals surface area contributed by atoms with Crippen LogP contribution in [-0.2, 0) is 0 Å². The van der Waals surface area contributed by atoms with Crippen molar-refractivity contribution in [3.8, 4) is 51.0 Å². The van der Waals surface area contributed by atoms with Crippen molar-refractivity contribution >= 4 is 86.0 Å². The van der Waals surface area contributed by atoms with Crippen LogP contribution >= 0.6 is 11.3 Å². The van der Waals surface area contributed by atoms with Gasteiger partial charge < -0.3 is 8.98 Å². The summed E-state index contributed by atoms with van der Waals surface area (Å²) < 4.78 is 11.8. The maximum atomic E-state index is 6.92. The smallest absolute Gasteiger partial charge is 0.167 e. The fraction of sp³-hybridized carbons (Fsp3) is 0. The third kappa shape index (κ3) is 5.36. The Bertz CT molecular complexity index is 3900. The standard InChI is InChI=1S/C55H32N4OS/c1-2-13-33(14-3-1)34-17-12-18-37(29-34)53-56-54(38-25-26-41-40-20-8-11-24-49(40)61-50(41)32-38)58-55(57-53)43-27-28-46(51-42-21-7-10-23-48(42)60-52(43)51)59-45-22-9-6-19-39(45)44-30-35-15-4-5-16-36(35)31-47(44)59/h1-32H. The largest absolute Gasteiger partial charge is 0.455 e. The zero-order valence-corrected chi connectivity index (χ0v) is 33.4. The molecular formula is C55H32N4OS. The number of thiophene rings is 1. The average molecular weight is 797 g/mol. The quantitative estimate of drug-likeness (QED) is 0.174. The van der Waals surface area contributed by atoms with Crippen LogP contribution < -0.4 is 0 Å². The molecule has 61 heavy (non-hydrogen) atoms. The molecule has 0 aliphatic heterocycles. The van der Waals surface area contributed by atoms with Gasteiger partial charge in [0.2, 0.25) is 0 Å². The zero-order chi connectivity index (χ0) is 40.0. The Morgan fingerprint density at radius 1 is 0.393 bits per heavy atom. The lowest BCUT2D eigenvalue weighted by Crippen LogP contribution is -2.01. The molecule has 0 fully saturated rings. The van der Waals surface area contributed by atoms with Crippen molar-refractivity contribution in [1.29, 1.82) is 0 Å². The summed E-state index contributed by atoms with van der Waals surface area (Å²) in [6.45, 7) is 0. The number of hydrogen-bond donors (Lipinski definition) is 0. The summed E-state index contributed by atoms with van der Waals surface area (Å²) in [4.78, 5) is 15.8. The van der Waals surface area contributed by atoms with Crippen molar-refractivity contribution in [2.75, 3.05) is 0 Å². The summed E-state index contributed by atoms with van der Waals surface area (Å²) in [7, 11) is 0. The molecule has 0 bridgehead atoms. The van der Waals surface area contributed by atoms with Gasteiger partial charge in [0.25, 0.3) is 0 Å². The van der Waals surface area contributed by atoms with Gasteiger partial charge in [0.05, 0.1) is 27.7 Å². The number of benzene rings is 9. The second-order valence-corrected chi connectivity index (χ2v) is 16.6. The van der Waals surface area contributed by atoms with Crippen LogP contribution in [-0.4, -0.2) is 19.5 Å². The second-order valence-electron chi connectivity index (χ2n) is 15.6. The number of fused-ring (bicyclic) bond motifs is 10. The minimum Gasteiger partial charge on any atom is -0.455 e. The average Bonchev–Trinajstić information content (AvgIpc) is 4.00. The molecule has 5 nitrogen and oxygen atoms in total. The van der Waals surface area contributed by atoms with E-state index in [-0.39, 0.29) is 0 Å². The van der Waals surface area contributed by atoms with Gasteiger partial charge in [0.15, 0.2) is 17.5 Å². The van der Waals surface area contributed by atoms with Crippen LogP contribution in [0.5, 0.6) is 0 Å². The van der Waals surface area contributed by atoms with Gasteiger partial charge in [-0.25, -0.2) is 15.0 Å². The molecule has 0 radical (unpaired) electrons. The third-order valence-corrected chi connectivity index (χ3v) is 13.2. The van der Waals surface area contributed by atoms with Crippen molar-refractivity contribution in [3.05, 3.63) is 194 Å². The second kappa shape index (κ2) is 13.3. The van der Waals surface area contributed by atoms with Crippen LogP contribution in [0, 0.1) is 0 Å². The molecule has 13 rings (SSSR count). The van der Waals surface area contributed by atoms with Crippen LogP contribution in [0.15, 0.2) is 199 Å². The number of para-hydroxylation sites is 2. The van der Waals surface area contributed by atoms with Crippen LogP contribution in [0.4, 0.5) is 0 Å². The van der Waals surface area contributed by atoms with Crippen molar-refractivity contribution in [1.82, 2.24) is 19.5 Å². The van der Waals surface area contributed by atoms with E-state index in [2.05, 4.69) is 180 Å². The van der Waals surface area contributed by atoms with Crippen LogP contribution in [0.25, 0.3) is 126 Å². The highest BCUT2D eigenvalue weighted by atomic mass is 32.1. The molecule has 0 spiro atoms. The Kier molecular flexibility index (Phi) is 7.41. The minimum atomic E-state index is 0.547. The molecule has 0 aliphatic rings. The van der Waals surface area contributed by atoms with Gasteiger partial charge in [-0.05, 0) is 76.5 Å². The molecule has 0 saturated heterocycles. The highest BCUT2D eigenvalue weighted by molar-refractivity contribution is 7.25. The lowest BCUT2D eigenvalue weighted by molar-refractivity contribution is 0.669. The Hall–Kier alpha value is -7.93. The maximum absolute atomic E-state index is 6.92. The van der Waals surface area contributed by atoms with Crippen molar-refractivity contribution in [2.45, 2.75) is 0 Å². The van der Waals surface area contributed by atoms with E-state index in [4.69, 9.17) is 19.4 Å². The van der Waals surface area contributed by atoms with Gasteiger partial charge in [-0.2, -0.15) is 0 Å². The first-order chi connectivity index (χ1) is 30.2. The van der Waals surface area contributed by atoms with E-state index >= 15 is 0 Å². The van der Waals surface area contributed by atoms with E-state index in [1.807, 2.05) is 18.2 Å². The van der Waals surface area contributed by atoms with Gasteiger partial charge in [0, 0.05) is 47.5 Å². The monoisotopic (exact) mass is 796 g/mol. The summed E-state index contributed by atoms with van der Waals surface area (Å²) in [5.41, 5.74) is 9.69. The molecule has 0 N–H and O–H groups in total. The normalized spacial score (nSPS) is 11.9. The molecule has 4 heterocycles. The molecule has 6 heteroatoms. The summed E-state index contributed by atoms with van der Waals surface area (Å²) in [5.74, 6) is 1.74. The van der Waals surface area contributed by atoms with Crippen molar-refractivity contribution in [2.24, 2.45) is 0 Å². The first kappa shape index (κ1) is 34.0. The van der Waals surface area contributed by atoms with Crippen molar-refractivity contribution < 1.29 is 4.42 Å². The van der Waals surface area contributed by atoms with E-state index < -0.39 is 0 Å². The molecule has 0 aliphatic carbocycles. The summed E-state index contributed by atoms with van der Waals surface area (Å²) in [6, 6.07) is 68.5. The topological polar surface area (TPSA) is 56.7 Å². The van der Waals surface area contributed by atoms with Gasteiger partial charge in [0.1, 0.15) is 11.2 Å². The fourth-order valence-corrected chi connectivity index (χ4v) is 10.3. The predicted octanol–water partition coefficient (Wildman–Crippen LogP) is 15.1. The summed E-state index contributed by atoms with van der Waals surface area (Å²) in [6.07, 6.45) is 0. The molecular weight excluding hydrogens is 765 g/mol. The van der Waals surface area contributed by atoms with Gasteiger partial charge in [-0.1, -0.05) is 140 Å². The van der Waals surface area contributed by atoms with Crippen molar-refractivity contribution in [3.63, 3.8) is 0 Å². The minimum absolute atomic E-state index is 0.547. The van der Waals surface area contributed by atoms with E-state index in [9.17, 15) is 0 Å². The first-order valence-electron chi connectivity index (χ1n) is 20.4. The Morgan fingerprint density at radius 2 is 1.05 bits per heavy atom. The summed E-state index contributed by atoms with van der Waals surface area (Å²) in [5, 5.41) is 9.34. The summed E-state index contributed by atoms with van der Waals surface area (Å²) >= 11 is 1.79. The molecule has 9 aromatic carbocycles. The van der Waals surface area contributed by atoms with Gasteiger partial charge in [-0.15, -0.1) is 11.3 Å². The molecule has 0 amide bonds.